The Morgan fingerprint density at radius 2 is 2.10 bits per heavy atom. The Morgan fingerprint density at radius 3 is 2.81 bits per heavy atom. The molecule has 0 aliphatic heterocycles. The van der Waals surface area contributed by atoms with Crippen LogP contribution in [0.5, 0.6) is 0 Å². The van der Waals surface area contributed by atoms with E-state index in [0.717, 1.165) is 21.5 Å². The number of hydrogen-bond donors (Lipinski definition) is 1. The topological polar surface area (TPSA) is 69.9 Å². The van der Waals surface area contributed by atoms with Crippen LogP contribution in [-0.2, 0) is 5.75 Å². The number of nitrogens with zero attached hydrogens (tertiary/aromatic N) is 3. The van der Waals surface area contributed by atoms with Gasteiger partial charge < -0.3 is 10.3 Å². The Hall–Kier alpha value is -1.73. The summed E-state index contributed by atoms with van der Waals surface area (Å²) in [5, 5.41) is 8.97. The maximum Gasteiger partial charge on any atom is 0.210 e. The Kier molecular flexibility index (Phi) is 4.03. The zero-order valence-electron chi connectivity index (χ0n) is 11.3. The van der Waals surface area contributed by atoms with Gasteiger partial charge in [0.1, 0.15) is 5.76 Å². The van der Waals surface area contributed by atoms with Crippen molar-refractivity contribution in [2.75, 3.05) is 5.84 Å². The first-order valence-corrected chi connectivity index (χ1v) is 8.06. The molecule has 3 aromatic rings. The van der Waals surface area contributed by atoms with Gasteiger partial charge >= 0.3 is 0 Å². The van der Waals surface area contributed by atoms with Gasteiger partial charge in [0.15, 0.2) is 5.82 Å². The number of benzene rings is 1. The molecule has 0 saturated carbocycles. The number of furan rings is 1. The zero-order valence-corrected chi connectivity index (χ0v) is 13.7. The van der Waals surface area contributed by atoms with Gasteiger partial charge in [-0.3, -0.25) is 0 Å². The molecule has 0 aliphatic carbocycles. The Morgan fingerprint density at radius 1 is 1.29 bits per heavy atom. The predicted molar refractivity (Wildman–Crippen MR) is 86.3 cm³/mol. The van der Waals surface area contributed by atoms with E-state index >= 15 is 0 Å². The van der Waals surface area contributed by atoms with Crippen molar-refractivity contribution in [2.24, 2.45) is 0 Å². The van der Waals surface area contributed by atoms with E-state index in [4.69, 9.17) is 10.3 Å². The number of hydrogen-bond acceptors (Lipinski definition) is 5. The van der Waals surface area contributed by atoms with E-state index in [0.29, 0.717) is 11.0 Å². The van der Waals surface area contributed by atoms with Gasteiger partial charge in [0.25, 0.3) is 0 Å². The summed E-state index contributed by atoms with van der Waals surface area (Å²) in [6.07, 6.45) is 1.62. The Bertz CT molecular complexity index is 768. The van der Waals surface area contributed by atoms with Gasteiger partial charge in [0.2, 0.25) is 5.16 Å². The third-order valence-electron chi connectivity index (χ3n) is 3.08. The van der Waals surface area contributed by atoms with E-state index in [-0.39, 0.29) is 0 Å². The van der Waals surface area contributed by atoms with E-state index in [2.05, 4.69) is 32.2 Å². The first kappa shape index (κ1) is 14.2. The van der Waals surface area contributed by atoms with Crippen molar-refractivity contribution >= 4 is 27.7 Å². The number of aryl methyl sites for hydroxylation is 1. The highest BCUT2D eigenvalue weighted by atomic mass is 79.9. The number of aromatic nitrogens is 3. The van der Waals surface area contributed by atoms with Crippen LogP contribution in [0.2, 0.25) is 0 Å². The number of nitrogen functional groups attached to an aromatic ring is 1. The summed E-state index contributed by atoms with van der Waals surface area (Å²) in [5.41, 5.74) is 2.05. The van der Waals surface area contributed by atoms with Crippen LogP contribution < -0.4 is 5.84 Å². The third-order valence-corrected chi connectivity index (χ3v) is 4.84. The van der Waals surface area contributed by atoms with Crippen LogP contribution in [0.4, 0.5) is 0 Å². The molecule has 7 heteroatoms. The van der Waals surface area contributed by atoms with Crippen LogP contribution in [0.1, 0.15) is 11.3 Å². The lowest BCUT2D eigenvalue weighted by Crippen LogP contribution is -2.11. The molecule has 0 amide bonds. The van der Waals surface area contributed by atoms with Gasteiger partial charge in [0, 0.05) is 10.2 Å². The number of thioether (sulfide) groups is 1. The normalized spacial score (nSPS) is 11.0. The number of rotatable bonds is 4. The fraction of sp³-hybridized carbons (Fsp3) is 0.143. The summed E-state index contributed by atoms with van der Waals surface area (Å²) in [6.45, 7) is 1.87. The standard InChI is InChI=1S/C14H13BrN4OS/c1-9-11(6-7-20-9)13-17-18-14(19(13)16)21-8-10-4-2-3-5-12(10)15/h2-7H,8,16H2,1H3. The summed E-state index contributed by atoms with van der Waals surface area (Å²) in [6, 6.07) is 9.92. The third kappa shape index (κ3) is 2.84. The maximum absolute atomic E-state index is 6.08. The molecule has 0 bridgehead atoms. The van der Waals surface area contributed by atoms with Crippen molar-refractivity contribution in [1.82, 2.24) is 14.9 Å². The average molecular weight is 365 g/mol. The second kappa shape index (κ2) is 5.95. The van der Waals surface area contributed by atoms with Gasteiger partial charge in [-0.25, -0.2) is 4.68 Å². The monoisotopic (exact) mass is 364 g/mol. The molecule has 0 radical (unpaired) electrons. The molecule has 1 aromatic carbocycles. The largest absolute Gasteiger partial charge is 0.469 e. The summed E-state index contributed by atoms with van der Waals surface area (Å²) in [5.74, 6) is 8.23. The quantitative estimate of drug-likeness (QED) is 0.565. The molecule has 2 aromatic heterocycles. The molecule has 2 heterocycles. The van der Waals surface area contributed by atoms with E-state index in [1.165, 1.54) is 10.2 Å². The molecule has 0 unspecified atom stereocenters. The van der Waals surface area contributed by atoms with Crippen LogP contribution in [0, 0.1) is 6.92 Å². The number of nitrogens with two attached hydrogens (primary N) is 1. The molecule has 3 rings (SSSR count). The fourth-order valence-electron chi connectivity index (χ4n) is 1.93. The van der Waals surface area contributed by atoms with Crippen LogP contribution >= 0.6 is 27.7 Å². The minimum atomic E-state index is 0.607. The van der Waals surface area contributed by atoms with Gasteiger partial charge in [-0.1, -0.05) is 45.9 Å². The van der Waals surface area contributed by atoms with Crippen LogP contribution in [0.15, 0.2) is 50.6 Å². The highest BCUT2D eigenvalue weighted by Gasteiger charge is 2.15. The minimum absolute atomic E-state index is 0.607. The summed E-state index contributed by atoms with van der Waals surface area (Å²) in [4.78, 5) is 0. The van der Waals surface area contributed by atoms with Crippen molar-refractivity contribution in [3.05, 3.63) is 52.4 Å². The SMILES string of the molecule is Cc1occc1-c1nnc(SCc2ccccc2Br)n1N. The van der Waals surface area contributed by atoms with E-state index in [1.54, 1.807) is 18.0 Å². The lowest BCUT2D eigenvalue weighted by molar-refractivity contribution is 0.535. The molecule has 5 nitrogen and oxygen atoms in total. The molecule has 0 aliphatic rings. The van der Waals surface area contributed by atoms with Crippen LogP contribution in [-0.4, -0.2) is 14.9 Å². The smallest absolute Gasteiger partial charge is 0.210 e. The van der Waals surface area contributed by atoms with Gasteiger partial charge in [-0.05, 0) is 24.6 Å². The van der Waals surface area contributed by atoms with Gasteiger partial charge in [-0.2, -0.15) is 0 Å². The molecule has 0 atom stereocenters. The van der Waals surface area contributed by atoms with Gasteiger partial charge in [0.05, 0.1) is 11.8 Å². The van der Waals surface area contributed by atoms with Crippen LogP contribution in [0.25, 0.3) is 11.4 Å². The fourth-order valence-corrected chi connectivity index (χ4v) is 3.40. The number of halogens is 1. The van der Waals surface area contributed by atoms with Crippen molar-refractivity contribution in [3.8, 4) is 11.4 Å². The first-order valence-electron chi connectivity index (χ1n) is 6.28. The highest BCUT2D eigenvalue weighted by Crippen LogP contribution is 2.28. The average Bonchev–Trinajstić information content (AvgIpc) is 3.04. The lowest BCUT2D eigenvalue weighted by atomic mass is 10.2. The molecule has 108 valence electrons. The van der Waals surface area contributed by atoms with Crippen LogP contribution in [0.3, 0.4) is 0 Å². The van der Waals surface area contributed by atoms with E-state index in [1.807, 2.05) is 31.2 Å². The van der Waals surface area contributed by atoms with Crippen molar-refractivity contribution in [1.29, 1.82) is 0 Å². The Balaban J connectivity index is 1.80. The van der Waals surface area contributed by atoms with E-state index < -0.39 is 0 Å². The molecule has 0 spiro atoms. The molecular weight excluding hydrogens is 352 g/mol. The minimum Gasteiger partial charge on any atom is -0.469 e. The van der Waals surface area contributed by atoms with Crippen molar-refractivity contribution in [3.63, 3.8) is 0 Å². The highest BCUT2D eigenvalue weighted by molar-refractivity contribution is 9.10. The first-order chi connectivity index (χ1) is 10.2. The van der Waals surface area contributed by atoms with Gasteiger partial charge in [-0.15, -0.1) is 10.2 Å². The Labute approximate surface area is 134 Å². The van der Waals surface area contributed by atoms with E-state index in [9.17, 15) is 0 Å². The van der Waals surface area contributed by atoms with Crippen molar-refractivity contribution < 1.29 is 4.42 Å². The molecule has 2 N–H and O–H groups in total. The molecule has 0 fully saturated rings. The maximum atomic E-state index is 6.08. The lowest BCUT2D eigenvalue weighted by Gasteiger charge is -2.04. The second-order valence-electron chi connectivity index (χ2n) is 4.45. The molecule has 21 heavy (non-hydrogen) atoms. The molecule has 0 saturated heterocycles. The van der Waals surface area contributed by atoms with Crippen molar-refractivity contribution in [2.45, 2.75) is 17.8 Å². The molecular formula is C14H13BrN4OS. The summed E-state index contributed by atoms with van der Waals surface area (Å²) < 4.78 is 7.85. The summed E-state index contributed by atoms with van der Waals surface area (Å²) >= 11 is 5.08. The second-order valence-corrected chi connectivity index (χ2v) is 6.24. The zero-order chi connectivity index (χ0) is 14.8. The summed E-state index contributed by atoms with van der Waals surface area (Å²) in [7, 11) is 0. The predicted octanol–water partition coefficient (Wildman–Crippen LogP) is 3.62.